The Morgan fingerprint density at radius 3 is 2.12 bits per heavy atom. The summed E-state index contributed by atoms with van der Waals surface area (Å²) in [5.74, 6) is 2.28. The van der Waals surface area contributed by atoms with Gasteiger partial charge in [0.05, 0.1) is 5.92 Å². The van der Waals surface area contributed by atoms with Gasteiger partial charge in [-0.25, -0.2) is 0 Å². The van der Waals surface area contributed by atoms with Crippen LogP contribution in [0.5, 0.6) is 0 Å². The lowest BCUT2D eigenvalue weighted by Crippen LogP contribution is -2.43. The van der Waals surface area contributed by atoms with Gasteiger partial charge in [0.15, 0.2) is 0 Å². The number of hydrogen-bond donors (Lipinski definition) is 2. The fourth-order valence-electron chi connectivity index (χ4n) is 2.69. The van der Waals surface area contributed by atoms with Gasteiger partial charge in [-0.15, -0.1) is 0 Å². The molecule has 1 amide bonds. The van der Waals surface area contributed by atoms with E-state index in [0.717, 1.165) is 18.3 Å². The first-order chi connectivity index (χ1) is 8.11. The fraction of sp³-hybridized carbons (Fsp3) is 0.929. The summed E-state index contributed by atoms with van der Waals surface area (Å²) in [5.41, 5.74) is 5.72. The van der Waals surface area contributed by atoms with Crippen molar-refractivity contribution < 1.29 is 4.79 Å². The molecule has 2 fully saturated rings. The molecule has 0 aliphatic heterocycles. The molecule has 0 saturated heterocycles. The molecule has 1 atom stereocenters. The highest BCUT2D eigenvalue weighted by Gasteiger charge is 2.42. The lowest BCUT2D eigenvalue weighted by atomic mass is 9.95. The normalized spacial score (nSPS) is 21.9. The number of carbonyl (C=O) groups is 1. The Kier molecular flexibility index (Phi) is 4.08. The molecule has 0 spiro atoms. The molecule has 0 bridgehead atoms. The van der Waals surface area contributed by atoms with E-state index in [-0.39, 0.29) is 11.8 Å². The minimum atomic E-state index is 0.00926. The Balaban J connectivity index is 1.84. The highest BCUT2D eigenvalue weighted by molar-refractivity contribution is 5.79. The average molecular weight is 238 g/mol. The van der Waals surface area contributed by atoms with E-state index in [9.17, 15) is 4.79 Å². The molecule has 1 unspecified atom stereocenters. The summed E-state index contributed by atoms with van der Waals surface area (Å²) in [6, 6.07) is 0.462. The molecule has 3 nitrogen and oxygen atoms in total. The Labute approximate surface area is 105 Å². The molecule has 2 aliphatic carbocycles. The van der Waals surface area contributed by atoms with Crippen LogP contribution in [0.2, 0.25) is 0 Å². The molecule has 17 heavy (non-hydrogen) atoms. The van der Waals surface area contributed by atoms with Crippen LogP contribution < -0.4 is 11.1 Å². The number of nitrogens with one attached hydrogen (secondary N) is 1. The van der Waals surface area contributed by atoms with Gasteiger partial charge in [-0.2, -0.15) is 0 Å². The number of rotatable bonds is 7. The first-order valence-corrected chi connectivity index (χ1v) is 7.12. The van der Waals surface area contributed by atoms with Crippen molar-refractivity contribution in [1.82, 2.24) is 5.32 Å². The van der Waals surface area contributed by atoms with E-state index >= 15 is 0 Å². The van der Waals surface area contributed by atoms with Gasteiger partial charge in [-0.3, -0.25) is 4.79 Å². The fourth-order valence-corrected chi connectivity index (χ4v) is 2.69. The van der Waals surface area contributed by atoms with Crippen LogP contribution in [0, 0.1) is 23.7 Å². The summed E-state index contributed by atoms with van der Waals surface area (Å²) in [4.78, 5) is 12.2. The van der Waals surface area contributed by atoms with E-state index in [0.29, 0.717) is 18.5 Å². The van der Waals surface area contributed by atoms with E-state index < -0.39 is 0 Å². The van der Waals surface area contributed by atoms with Crippen LogP contribution in [-0.2, 0) is 4.79 Å². The summed E-state index contributed by atoms with van der Waals surface area (Å²) in [6.45, 7) is 4.77. The van der Waals surface area contributed by atoms with Gasteiger partial charge >= 0.3 is 0 Å². The van der Waals surface area contributed by atoms with Crippen molar-refractivity contribution >= 4 is 5.91 Å². The Bertz CT molecular complexity index is 257. The standard InChI is InChI=1S/C14H26N2O/c1-9(2)7-12(8-15)14(17)16-13(10-3-4-10)11-5-6-11/h9-13H,3-8,15H2,1-2H3,(H,16,17). The zero-order chi connectivity index (χ0) is 12.4. The number of hydrogen-bond acceptors (Lipinski definition) is 2. The maximum Gasteiger partial charge on any atom is 0.224 e. The third-order valence-corrected chi connectivity index (χ3v) is 3.98. The van der Waals surface area contributed by atoms with Crippen LogP contribution >= 0.6 is 0 Å². The molecule has 2 aliphatic rings. The highest BCUT2D eigenvalue weighted by Crippen LogP contribution is 2.44. The molecule has 3 N–H and O–H groups in total. The largest absolute Gasteiger partial charge is 0.353 e. The highest BCUT2D eigenvalue weighted by atomic mass is 16.2. The Hall–Kier alpha value is -0.570. The van der Waals surface area contributed by atoms with Crippen molar-refractivity contribution in [2.75, 3.05) is 6.54 Å². The van der Waals surface area contributed by atoms with Crippen molar-refractivity contribution in [1.29, 1.82) is 0 Å². The predicted molar refractivity (Wildman–Crippen MR) is 69.4 cm³/mol. The van der Waals surface area contributed by atoms with Gasteiger partial charge < -0.3 is 11.1 Å². The van der Waals surface area contributed by atoms with E-state index in [2.05, 4.69) is 19.2 Å². The summed E-state index contributed by atoms with van der Waals surface area (Å²) >= 11 is 0. The Morgan fingerprint density at radius 1 is 1.24 bits per heavy atom. The maximum absolute atomic E-state index is 12.2. The number of amides is 1. The third kappa shape index (κ3) is 3.70. The van der Waals surface area contributed by atoms with Gasteiger partial charge in [-0.05, 0) is 49.9 Å². The summed E-state index contributed by atoms with van der Waals surface area (Å²) in [6.07, 6.45) is 6.13. The molecule has 0 aromatic rings. The lowest BCUT2D eigenvalue weighted by molar-refractivity contribution is -0.126. The average Bonchev–Trinajstić information content (AvgIpc) is 3.15. The maximum atomic E-state index is 12.2. The second kappa shape index (κ2) is 5.38. The minimum absolute atomic E-state index is 0.00926. The molecule has 2 rings (SSSR count). The van der Waals surface area contributed by atoms with Crippen LogP contribution in [0.4, 0.5) is 0 Å². The second-order valence-corrected chi connectivity index (χ2v) is 6.27. The number of carbonyl (C=O) groups excluding carboxylic acids is 1. The van der Waals surface area contributed by atoms with Gasteiger partial charge in [0.25, 0.3) is 0 Å². The zero-order valence-corrected chi connectivity index (χ0v) is 11.1. The van der Waals surface area contributed by atoms with Gasteiger partial charge in [0.2, 0.25) is 5.91 Å². The summed E-state index contributed by atoms with van der Waals surface area (Å²) in [7, 11) is 0. The predicted octanol–water partition coefficient (Wildman–Crippen LogP) is 1.91. The monoisotopic (exact) mass is 238 g/mol. The minimum Gasteiger partial charge on any atom is -0.353 e. The van der Waals surface area contributed by atoms with Crippen molar-refractivity contribution in [2.24, 2.45) is 29.4 Å². The third-order valence-electron chi connectivity index (χ3n) is 3.98. The van der Waals surface area contributed by atoms with Crippen LogP contribution in [-0.4, -0.2) is 18.5 Å². The Morgan fingerprint density at radius 2 is 1.76 bits per heavy atom. The molecule has 3 heteroatoms. The van der Waals surface area contributed by atoms with Gasteiger partial charge in [-0.1, -0.05) is 13.8 Å². The van der Waals surface area contributed by atoms with E-state index in [4.69, 9.17) is 5.73 Å². The lowest BCUT2D eigenvalue weighted by Gasteiger charge is -2.22. The smallest absolute Gasteiger partial charge is 0.224 e. The number of nitrogens with two attached hydrogens (primary N) is 1. The summed E-state index contributed by atoms with van der Waals surface area (Å²) in [5, 5.41) is 3.28. The molecule has 0 aromatic heterocycles. The van der Waals surface area contributed by atoms with Crippen molar-refractivity contribution in [3.05, 3.63) is 0 Å². The van der Waals surface area contributed by atoms with Crippen molar-refractivity contribution in [3.63, 3.8) is 0 Å². The van der Waals surface area contributed by atoms with Crippen molar-refractivity contribution in [2.45, 2.75) is 52.0 Å². The molecule has 2 saturated carbocycles. The molecule has 0 aromatic carbocycles. The molecular formula is C14H26N2O. The first kappa shape index (κ1) is 12.9. The molecular weight excluding hydrogens is 212 g/mol. The van der Waals surface area contributed by atoms with E-state index in [1.54, 1.807) is 0 Å². The quantitative estimate of drug-likeness (QED) is 0.712. The van der Waals surface area contributed by atoms with Crippen LogP contribution in [0.3, 0.4) is 0 Å². The zero-order valence-electron chi connectivity index (χ0n) is 11.1. The SMILES string of the molecule is CC(C)CC(CN)C(=O)NC(C1CC1)C1CC1. The van der Waals surface area contributed by atoms with E-state index in [1.807, 2.05) is 0 Å². The van der Waals surface area contributed by atoms with Crippen LogP contribution in [0.1, 0.15) is 46.0 Å². The molecule has 0 heterocycles. The molecule has 0 radical (unpaired) electrons. The van der Waals surface area contributed by atoms with Crippen molar-refractivity contribution in [3.8, 4) is 0 Å². The van der Waals surface area contributed by atoms with Gasteiger partial charge in [0, 0.05) is 12.6 Å². The second-order valence-electron chi connectivity index (χ2n) is 6.27. The summed E-state index contributed by atoms with van der Waals surface area (Å²) < 4.78 is 0. The first-order valence-electron chi connectivity index (χ1n) is 7.12. The molecule has 98 valence electrons. The topological polar surface area (TPSA) is 55.1 Å². The van der Waals surface area contributed by atoms with Gasteiger partial charge in [0.1, 0.15) is 0 Å². The van der Waals surface area contributed by atoms with E-state index in [1.165, 1.54) is 25.7 Å². The van der Waals surface area contributed by atoms with Crippen LogP contribution in [0.15, 0.2) is 0 Å². The van der Waals surface area contributed by atoms with Crippen LogP contribution in [0.25, 0.3) is 0 Å².